The van der Waals surface area contributed by atoms with Gasteiger partial charge in [0.2, 0.25) is 5.91 Å². The number of nitrogens with zero attached hydrogens (tertiary/aromatic N) is 1. The van der Waals surface area contributed by atoms with Crippen LogP contribution in [0.3, 0.4) is 0 Å². The molecule has 0 saturated heterocycles. The fraction of sp³-hybridized carbons (Fsp3) is 0.950. The maximum Gasteiger partial charge on any atom is 0.223 e. The summed E-state index contributed by atoms with van der Waals surface area (Å²) in [7, 11) is 1.83. The zero-order valence-electron chi connectivity index (χ0n) is 16.5. The van der Waals surface area contributed by atoms with E-state index in [2.05, 4.69) is 20.8 Å². The summed E-state index contributed by atoms with van der Waals surface area (Å²) in [6.45, 7) is 8.33. The molecule has 2 N–H and O–H groups in total. The molecule has 23 heavy (non-hydrogen) atoms. The lowest BCUT2D eigenvalue weighted by molar-refractivity contribution is -0.136. The maximum absolute atomic E-state index is 12.2. The number of unbranched alkanes of at least 4 members (excludes halogenated alkanes) is 10. The highest BCUT2D eigenvalue weighted by Gasteiger charge is 2.30. The van der Waals surface area contributed by atoms with Crippen molar-refractivity contribution in [1.82, 2.24) is 4.90 Å². The maximum atomic E-state index is 12.2. The summed E-state index contributed by atoms with van der Waals surface area (Å²) in [5.74, 6) is 0.438. The molecule has 0 fully saturated rings. The van der Waals surface area contributed by atoms with Gasteiger partial charge in [0.15, 0.2) is 0 Å². The van der Waals surface area contributed by atoms with E-state index < -0.39 is 5.66 Å². The molecule has 0 radical (unpaired) electrons. The van der Waals surface area contributed by atoms with Gasteiger partial charge in [-0.1, -0.05) is 85.0 Å². The molecular formula is C20H42N2O. The van der Waals surface area contributed by atoms with E-state index in [1.54, 1.807) is 4.90 Å². The Hall–Kier alpha value is -0.570. The number of carbonyl (C=O) groups is 1. The highest BCUT2D eigenvalue weighted by atomic mass is 16.2. The standard InChI is InChI=1S/C20H42N2O/c1-6-7-8-9-10-11-12-13-14-15-16-17-19(23)22(5)20(4,21)18(2)3/h18H,6-17,21H2,1-5H3. The molecule has 0 aromatic carbocycles. The summed E-state index contributed by atoms with van der Waals surface area (Å²) in [6, 6.07) is 0. The number of amides is 1. The van der Waals surface area contributed by atoms with Crippen LogP contribution in [0.4, 0.5) is 0 Å². The third kappa shape index (κ3) is 10.0. The van der Waals surface area contributed by atoms with Gasteiger partial charge in [-0.15, -0.1) is 0 Å². The van der Waals surface area contributed by atoms with E-state index in [1.165, 1.54) is 64.2 Å². The van der Waals surface area contributed by atoms with Gasteiger partial charge < -0.3 is 10.6 Å². The Kier molecular flexibility index (Phi) is 12.5. The second kappa shape index (κ2) is 12.8. The topological polar surface area (TPSA) is 46.3 Å². The van der Waals surface area contributed by atoms with Crippen LogP contribution in [0, 0.1) is 5.92 Å². The molecule has 1 unspecified atom stereocenters. The summed E-state index contributed by atoms with van der Waals surface area (Å²) in [6.07, 6.45) is 15.0. The van der Waals surface area contributed by atoms with Gasteiger partial charge in [0.05, 0.1) is 5.66 Å². The van der Waals surface area contributed by atoms with Crippen LogP contribution in [-0.2, 0) is 4.79 Å². The normalized spacial score (nSPS) is 14.0. The van der Waals surface area contributed by atoms with Crippen LogP contribution in [0.1, 0.15) is 105 Å². The summed E-state index contributed by atoms with van der Waals surface area (Å²) < 4.78 is 0. The summed E-state index contributed by atoms with van der Waals surface area (Å²) >= 11 is 0. The monoisotopic (exact) mass is 326 g/mol. The van der Waals surface area contributed by atoms with Gasteiger partial charge in [-0.3, -0.25) is 4.79 Å². The van der Waals surface area contributed by atoms with Crippen molar-refractivity contribution in [2.75, 3.05) is 7.05 Å². The van der Waals surface area contributed by atoms with Crippen LogP contribution in [0.25, 0.3) is 0 Å². The van der Waals surface area contributed by atoms with Crippen molar-refractivity contribution < 1.29 is 4.79 Å². The number of carbonyl (C=O) groups excluding carboxylic acids is 1. The first-order valence-corrected chi connectivity index (χ1v) is 9.89. The molecule has 1 atom stereocenters. The first-order valence-electron chi connectivity index (χ1n) is 9.89. The van der Waals surface area contributed by atoms with Gasteiger partial charge in [-0.05, 0) is 19.3 Å². The number of hydrogen-bond donors (Lipinski definition) is 1. The lowest BCUT2D eigenvalue weighted by atomic mass is 9.97. The molecule has 0 aliphatic carbocycles. The number of nitrogens with two attached hydrogens (primary N) is 1. The van der Waals surface area contributed by atoms with Crippen molar-refractivity contribution in [2.24, 2.45) is 11.7 Å². The van der Waals surface area contributed by atoms with Crippen molar-refractivity contribution in [1.29, 1.82) is 0 Å². The van der Waals surface area contributed by atoms with Crippen molar-refractivity contribution >= 4 is 5.91 Å². The van der Waals surface area contributed by atoms with Gasteiger partial charge in [0, 0.05) is 13.5 Å². The Balaban J connectivity index is 3.56. The van der Waals surface area contributed by atoms with Crippen LogP contribution in [0.5, 0.6) is 0 Å². The number of rotatable bonds is 14. The van der Waals surface area contributed by atoms with E-state index in [4.69, 9.17) is 5.73 Å². The van der Waals surface area contributed by atoms with Crippen molar-refractivity contribution in [3.63, 3.8) is 0 Å². The van der Waals surface area contributed by atoms with Crippen molar-refractivity contribution in [2.45, 2.75) is 110 Å². The first kappa shape index (κ1) is 22.4. The van der Waals surface area contributed by atoms with Gasteiger partial charge >= 0.3 is 0 Å². The van der Waals surface area contributed by atoms with Gasteiger partial charge in [-0.2, -0.15) is 0 Å². The molecule has 0 aliphatic rings. The van der Waals surface area contributed by atoms with Crippen LogP contribution in [0.15, 0.2) is 0 Å². The second-order valence-electron chi connectivity index (χ2n) is 7.62. The minimum absolute atomic E-state index is 0.180. The third-order valence-electron chi connectivity index (χ3n) is 5.26. The Morgan fingerprint density at radius 2 is 1.30 bits per heavy atom. The van der Waals surface area contributed by atoms with Gasteiger partial charge in [-0.25, -0.2) is 0 Å². The van der Waals surface area contributed by atoms with Crippen molar-refractivity contribution in [3.8, 4) is 0 Å². The largest absolute Gasteiger partial charge is 0.328 e. The fourth-order valence-electron chi connectivity index (χ4n) is 2.76. The molecule has 0 rings (SSSR count). The predicted octanol–water partition coefficient (Wildman–Crippen LogP) is 5.48. The molecule has 3 heteroatoms. The zero-order chi connectivity index (χ0) is 17.7. The fourth-order valence-corrected chi connectivity index (χ4v) is 2.76. The Morgan fingerprint density at radius 1 is 0.913 bits per heavy atom. The predicted molar refractivity (Wildman–Crippen MR) is 101 cm³/mol. The second-order valence-corrected chi connectivity index (χ2v) is 7.62. The zero-order valence-corrected chi connectivity index (χ0v) is 16.5. The average Bonchev–Trinajstić information content (AvgIpc) is 2.51. The van der Waals surface area contributed by atoms with E-state index >= 15 is 0 Å². The molecule has 0 aliphatic heterocycles. The molecule has 3 nitrogen and oxygen atoms in total. The molecule has 1 amide bonds. The Labute approximate surface area is 145 Å². The molecule has 0 aromatic rings. The lowest BCUT2D eigenvalue weighted by Gasteiger charge is -2.39. The van der Waals surface area contributed by atoms with E-state index in [1.807, 2.05) is 14.0 Å². The van der Waals surface area contributed by atoms with E-state index in [-0.39, 0.29) is 11.8 Å². The highest BCUT2D eigenvalue weighted by molar-refractivity contribution is 5.76. The van der Waals surface area contributed by atoms with E-state index in [9.17, 15) is 4.79 Å². The molecule has 0 bridgehead atoms. The third-order valence-corrected chi connectivity index (χ3v) is 5.26. The Morgan fingerprint density at radius 3 is 1.70 bits per heavy atom. The lowest BCUT2D eigenvalue weighted by Crippen LogP contribution is -2.57. The van der Waals surface area contributed by atoms with Crippen LogP contribution >= 0.6 is 0 Å². The minimum Gasteiger partial charge on any atom is -0.328 e. The van der Waals surface area contributed by atoms with Gasteiger partial charge in [0.1, 0.15) is 0 Å². The molecular weight excluding hydrogens is 284 g/mol. The average molecular weight is 327 g/mol. The molecule has 0 spiro atoms. The minimum atomic E-state index is -0.547. The van der Waals surface area contributed by atoms with E-state index in [0.29, 0.717) is 6.42 Å². The molecule has 138 valence electrons. The van der Waals surface area contributed by atoms with Crippen LogP contribution in [-0.4, -0.2) is 23.5 Å². The van der Waals surface area contributed by atoms with Crippen LogP contribution < -0.4 is 5.73 Å². The molecule has 0 saturated carbocycles. The van der Waals surface area contributed by atoms with E-state index in [0.717, 1.165) is 6.42 Å². The van der Waals surface area contributed by atoms with Crippen LogP contribution in [0.2, 0.25) is 0 Å². The Bertz CT molecular complexity index is 300. The summed E-state index contributed by atoms with van der Waals surface area (Å²) in [5, 5.41) is 0. The smallest absolute Gasteiger partial charge is 0.223 e. The quantitative estimate of drug-likeness (QED) is 0.339. The first-order chi connectivity index (χ1) is 10.8. The van der Waals surface area contributed by atoms with Gasteiger partial charge in [0.25, 0.3) is 0 Å². The summed E-state index contributed by atoms with van der Waals surface area (Å²) in [4.78, 5) is 13.9. The SMILES string of the molecule is CCCCCCCCCCCCCC(=O)N(C)C(C)(N)C(C)C. The number of hydrogen-bond acceptors (Lipinski definition) is 2. The highest BCUT2D eigenvalue weighted by Crippen LogP contribution is 2.19. The summed E-state index contributed by atoms with van der Waals surface area (Å²) in [5.41, 5.74) is 5.69. The van der Waals surface area contributed by atoms with Crippen molar-refractivity contribution in [3.05, 3.63) is 0 Å². The molecule has 0 aromatic heterocycles. The molecule has 0 heterocycles.